The molecule has 4 nitrogen and oxygen atoms in total. The van der Waals surface area contributed by atoms with E-state index in [1.54, 1.807) is 6.21 Å². The summed E-state index contributed by atoms with van der Waals surface area (Å²) in [6, 6.07) is 0. The zero-order valence-electron chi connectivity index (χ0n) is 5.83. The first-order valence-electron chi connectivity index (χ1n) is 3.06. The average molecular weight is 143 g/mol. The molecular formula is C6H13N3O. The van der Waals surface area contributed by atoms with Crippen LogP contribution in [0, 0.1) is 0 Å². The first-order valence-corrected chi connectivity index (χ1v) is 3.06. The highest BCUT2D eigenvalue weighted by molar-refractivity contribution is 5.78. The number of aliphatic hydroxyl groups is 1. The summed E-state index contributed by atoms with van der Waals surface area (Å²) in [5.74, 6) is 0. The molecule has 0 aliphatic rings. The van der Waals surface area contributed by atoms with E-state index in [9.17, 15) is 0 Å². The molecule has 0 spiro atoms. The van der Waals surface area contributed by atoms with Crippen LogP contribution >= 0.6 is 0 Å². The smallest absolute Gasteiger partial charge is 0.0626 e. The maximum absolute atomic E-state index is 8.33. The molecule has 0 aliphatic heterocycles. The summed E-state index contributed by atoms with van der Waals surface area (Å²) in [5, 5.41) is 8.33. The second-order valence-electron chi connectivity index (χ2n) is 1.70. The average Bonchev–Trinajstić information content (AvgIpc) is 1.99. The van der Waals surface area contributed by atoms with Crippen molar-refractivity contribution in [2.24, 2.45) is 16.5 Å². The summed E-state index contributed by atoms with van der Waals surface area (Å²) < 4.78 is 0. The maximum Gasteiger partial charge on any atom is 0.0626 e. The highest BCUT2D eigenvalue weighted by Gasteiger charge is 1.84. The topological polar surface area (TPSA) is 84.6 Å². The lowest BCUT2D eigenvalue weighted by Crippen LogP contribution is -2.06. The largest absolute Gasteiger partial charge is 0.404 e. The summed E-state index contributed by atoms with van der Waals surface area (Å²) >= 11 is 0. The molecular weight excluding hydrogens is 130 g/mol. The lowest BCUT2D eigenvalue weighted by atomic mass is 10.3. The Morgan fingerprint density at radius 3 is 2.70 bits per heavy atom. The van der Waals surface area contributed by atoms with Gasteiger partial charge in [0.1, 0.15) is 0 Å². The Labute approximate surface area is 60.2 Å². The summed E-state index contributed by atoms with van der Waals surface area (Å²) in [6.07, 6.45) is 2.97. The van der Waals surface area contributed by atoms with Crippen LogP contribution in [-0.2, 0) is 0 Å². The molecule has 0 aromatic carbocycles. The van der Waals surface area contributed by atoms with Crippen molar-refractivity contribution in [3.05, 3.63) is 11.8 Å². The quantitative estimate of drug-likeness (QED) is 0.434. The van der Waals surface area contributed by atoms with Crippen LogP contribution in [0.1, 0.15) is 0 Å². The van der Waals surface area contributed by atoms with Gasteiger partial charge >= 0.3 is 0 Å². The zero-order valence-corrected chi connectivity index (χ0v) is 5.83. The number of aliphatic imine (C=N–C) groups is 1. The molecule has 5 N–H and O–H groups in total. The molecule has 0 radical (unpaired) electrons. The fourth-order valence-corrected chi connectivity index (χ4v) is 0.403. The maximum atomic E-state index is 8.33. The Balaban J connectivity index is 3.63. The fraction of sp³-hybridized carbons (Fsp3) is 0.500. The van der Waals surface area contributed by atoms with E-state index in [1.807, 2.05) is 0 Å². The van der Waals surface area contributed by atoms with E-state index in [0.29, 0.717) is 13.1 Å². The lowest BCUT2D eigenvalue weighted by Gasteiger charge is -1.92. The molecule has 0 saturated carbocycles. The molecule has 0 aliphatic carbocycles. The molecule has 0 aromatic heterocycles. The van der Waals surface area contributed by atoms with Gasteiger partial charge < -0.3 is 16.6 Å². The van der Waals surface area contributed by atoms with E-state index >= 15 is 0 Å². The van der Waals surface area contributed by atoms with Gasteiger partial charge in [-0.15, -0.1) is 0 Å². The van der Waals surface area contributed by atoms with Crippen LogP contribution in [0.3, 0.4) is 0 Å². The van der Waals surface area contributed by atoms with Crippen molar-refractivity contribution in [3.63, 3.8) is 0 Å². The fourth-order valence-electron chi connectivity index (χ4n) is 0.403. The van der Waals surface area contributed by atoms with Crippen molar-refractivity contribution >= 4 is 6.21 Å². The minimum absolute atomic E-state index is 0.0545. The molecule has 58 valence electrons. The van der Waals surface area contributed by atoms with Crippen molar-refractivity contribution in [2.75, 3.05) is 19.7 Å². The van der Waals surface area contributed by atoms with E-state index in [4.69, 9.17) is 16.6 Å². The Hall–Kier alpha value is -0.870. The molecule has 0 atom stereocenters. The zero-order chi connectivity index (χ0) is 7.82. The third-order valence-corrected chi connectivity index (χ3v) is 0.936. The van der Waals surface area contributed by atoms with Crippen LogP contribution in [0.25, 0.3) is 0 Å². The predicted molar refractivity (Wildman–Crippen MR) is 41.8 cm³/mol. The Bertz CT molecular complexity index is 131. The van der Waals surface area contributed by atoms with Crippen LogP contribution < -0.4 is 11.5 Å². The summed E-state index contributed by atoms with van der Waals surface area (Å²) in [7, 11) is 0. The molecule has 0 fully saturated rings. The van der Waals surface area contributed by atoms with Crippen molar-refractivity contribution in [2.45, 2.75) is 0 Å². The minimum atomic E-state index is 0.0545. The highest BCUT2D eigenvalue weighted by atomic mass is 16.3. The lowest BCUT2D eigenvalue weighted by molar-refractivity contribution is 0.307. The summed E-state index contributed by atoms with van der Waals surface area (Å²) in [6.45, 7) is 0.835. The van der Waals surface area contributed by atoms with Crippen molar-refractivity contribution in [1.29, 1.82) is 0 Å². The molecule has 0 heterocycles. The van der Waals surface area contributed by atoms with Gasteiger partial charge in [-0.1, -0.05) is 0 Å². The van der Waals surface area contributed by atoms with Crippen LogP contribution in [0.4, 0.5) is 0 Å². The van der Waals surface area contributed by atoms with Gasteiger partial charge in [0.15, 0.2) is 0 Å². The Morgan fingerprint density at radius 2 is 2.30 bits per heavy atom. The van der Waals surface area contributed by atoms with Gasteiger partial charge in [0.2, 0.25) is 0 Å². The standard InChI is InChI=1S/C6H13N3O/c7-3-6(4-8)5-9-1-2-10/h3,5,10H,1-2,4,7-8H2/b6-3-,9-5?. The highest BCUT2D eigenvalue weighted by Crippen LogP contribution is 1.81. The van der Waals surface area contributed by atoms with E-state index in [2.05, 4.69) is 4.99 Å². The van der Waals surface area contributed by atoms with Gasteiger partial charge in [0, 0.05) is 12.8 Å². The predicted octanol–water partition coefficient (Wildman–Crippen LogP) is -1.15. The van der Waals surface area contributed by atoms with Crippen LogP contribution in [0.15, 0.2) is 16.8 Å². The third kappa shape index (κ3) is 4.05. The van der Waals surface area contributed by atoms with Crippen LogP contribution in [-0.4, -0.2) is 31.0 Å². The second kappa shape index (κ2) is 6.25. The monoisotopic (exact) mass is 143 g/mol. The molecule has 4 heteroatoms. The number of rotatable bonds is 4. The number of hydrogen-bond donors (Lipinski definition) is 3. The first kappa shape index (κ1) is 9.13. The van der Waals surface area contributed by atoms with Gasteiger partial charge in [-0.05, 0) is 11.8 Å². The Kier molecular flexibility index (Phi) is 5.71. The van der Waals surface area contributed by atoms with Crippen molar-refractivity contribution in [1.82, 2.24) is 0 Å². The summed E-state index contributed by atoms with van der Waals surface area (Å²) in [5.41, 5.74) is 11.2. The first-order chi connectivity index (χ1) is 4.85. The van der Waals surface area contributed by atoms with Crippen LogP contribution in [0.2, 0.25) is 0 Å². The van der Waals surface area contributed by atoms with E-state index in [1.165, 1.54) is 6.20 Å². The van der Waals surface area contributed by atoms with Gasteiger partial charge in [0.25, 0.3) is 0 Å². The van der Waals surface area contributed by atoms with E-state index < -0.39 is 0 Å². The van der Waals surface area contributed by atoms with Crippen molar-refractivity contribution < 1.29 is 5.11 Å². The molecule has 0 bridgehead atoms. The van der Waals surface area contributed by atoms with E-state index in [-0.39, 0.29) is 6.61 Å². The molecule has 0 rings (SSSR count). The second-order valence-corrected chi connectivity index (χ2v) is 1.70. The molecule has 0 aromatic rings. The minimum Gasteiger partial charge on any atom is -0.404 e. The SMILES string of the molecule is N/C=C(\C=NCCO)CN. The van der Waals surface area contributed by atoms with Crippen LogP contribution in [0.5, 0.6) is 0 Å². The number of nitrogens with two attached hydrogens (primary N) is 2. The molecule has 0 saturated heterocycles. The molecule has 0 amide bonds. The number of nitrogens with zero attached hydrogens (tertiary/aromatic N) is 1. The molecule has 10 heavy (non-hydrogen) atoms. The normalized spacial score (nSPS) is 12.8. The van der Waals surface area contributed by atoms with Gasteiger partial charge in [-0.2, -0.15) is 0 Å². The third-order valence-electron chi connectivity index (χ3n) is 0.936. The van der Waals surface area contributed by atoms with E-state index in [0.717, 1.165) is 5.57 Å². The number of aliphatic hydroxyl groups excluding tert-OH is 1. The number of hydrogen-bond acceptors (Lipinski definition) is 4. The van der Waals surface area contributed by atoms with Gasteiger partial charge in [-0.3, -0.25) is 4.99 Å². The van der Waals surface area contributed by atoms with Crippen molar-refractivity contribution in [3.8, 4) is 0 Å². The summed E-state index contributed by atoms with van der Waals surface area (Å²) in [4.78, 5) is 3.83. The van der Waals surface area contributed by atoms with Gasteiger partial charge in [0.05, 0.1) is 13.2 Å². The van der Waals surface area contributed by atoms with Gasteiger partial charge in [-0.25, -0.2) is 0 Å². The molecule has 0 unspecified atom stereocenters. The Morgan fingerprint density at radius 1 is 1.60 bits per heavy atom.